The van der Waals surface area contributed by atoms with E-state index in [-0.39, 0.29) is 0 Å². The highest BCUT2D eigenvalue weighted by Crippen LogP contribution is 2.11. The molecule has 0 aromatic heterocycles. The van der Waals surface area contributed by atoms with Gasteiger partial charge in [-0.25, -0.2) is 0 Å². The maximum atomic E-state index is 5.17. The Hall–Kier alpha value is -2.49. The van der Waals surface area contributed by atoms with Gasteiger partial charge in [-0.1, -0.05) is 36.4 Å². The number of aryl methyl sites for hydroxylation is 1. The van der Waals surface area contributed by atoms with Crippen LogP contribution in [0.4, 0.5) is 0 Å². The average Bonchev–Trinajstić information content (AvgIpc) is 2.59. The van der Waals surface area contributed by atoms with Crippen molar-refractivity contribution in [2.75, 3.05) is 20.7 Å². The van der Waals surface area contributed by atoms with Crippen LogP contribution in [-0.2, 0) is 13.0 Å². The lowest BCUT2D eigenvalue weighted by molar-refractivity contribution is 0.414. The smallest absolute Gasteiger partial charge is 0.191 e. The number of ether oxygens (including phenoxy) is 1. The quantitative estimate of drug-likeness (QED) is 0.637. The van der Waals surface area contributed by atoms with Gasteiger partial charge in [0.05, 0.1) is 7.11 Å². The number of aliphatic imine (C=N–C) groups is 1. The summed E-state index contributed by atoms with van der Waals surface area (Å²) in [5.41, 5.74) is 3.84. The molecule has 0 fully saturated rings. The first-order valence-corrected chi connectivity index (χ1v) is 7.85. The molecule has 0 amide bonds. The van der Waals surface area contributed by atoms with Crippen molar-refractivity contribution >= 4 is 5.96 Å². The lowest BCUT2D eigenvalue weighted by Gasteiger charge is -2.13. The highest BCUT2D eigenvalue weighted by atomic mass is 16.5. The highest BCUT2D eigenvalue weighted by Gasteiger charge is 2.01. The standard InChI is InChI=1S/C19H25N3O/c1-15-6-4-5-7-17(15)14-22-19(20-2)21-13-12-16-8-10-18(23-3)11-9-16/h4-11H,12-14H2,1-3H3,(H2,20,21,22). The Balaban J connectivity index is 1.77. The SMILES string of the molecule is CN=C(NCCc1ccc(OC)cc1)NCc1ccccc1C. The summed E-state index contributed by atoms with van der Waals surface area (Å²) < 4.78 is 5.17. The monoisotopic (exact) mass is 311 g/mol. The van der Waals surface area contributed by atoms with E-state index in [1.807, 2.05) is 12.1 Å². The average molecular weight is 311 g/mol. The van der Waals surface area contributed by atoms with Gasteiger partial charge >= 0.3 is 0 Å². The minimum absolute atomic E-state index is 0.773. The van der Waals surface area contributed by atoms with E-state index in [1.54, 1.807) is 14.2 Å². The number of methoxy groups -OCH3 is 1. The second kappa shape index (κ2) is 8.83. The number of guanidine groups is 1. The van der Waals surface area contributed by atoms with Crippen molar-refractivity contribution in [3.8, 4) is 5.75 Å². The van der Waals surface area contributed by atoms with Gasteiger partial charge < -0.3 is 15.4 Å². The second-order valence-corrected chi connectivity index (χ2v) is 5.38. The predicted octanol–water partition coefficient (Wildman–Crippen LogP) is 2.91. The summed E-state index contributed by atoms with van der Waals surface area (Å²) in [6.07, 6.45) is 0.940. The normalized spacial score (nSPS) is 11.2. The van der Waals surface area contributed by atoms with Gasteiger partial charge in [0, 0.05) is 20.1 Å². The number of nitrogens with one attached hydrogen (secondary N) is 2. The van der Waals surface area contributed by atoms with Crippen molar-refractivity contribution in [2.24, 2.45) is 4.99 Å². The van der Waals surface area contributed by atoms with E-state index < -0.39 is 0 Å². The molecular formula is C19H25N3O. The molecule has 0 saturated heterocycles. The van der Waals surface area contributed by atoms with E-state index in [4.69, 9.17) is 4.74 Å². The zero-order valence-corrected chi connectivity index (χ0v) is 14.1. The van der Waals surface area contributed by atoms with Crippen molar-refractivity contribution < 1.29 is 4.74 Å². The molecule has 0 unspecified atom stereocenters. The molecule has 122 valence electrons. The summed E-state index contributed by atoms with van der Waals surface area (Å²) in [6, 6.07) is 16.5. The van der Waals surface area contributed by atoms with E-state index >= 15 is 0 Å². The van der Waals surface area contributed by atoms with E-state index in [0.29, 0.717) is 0 Å². The lowest BCUT2D eigenvalue weighted by atomic mass is 10.1. The van der Waals surface area contributed by atoms with Crippen molar-refractivity contribution in [3.63, 3.8) is 0 Å². The third kappa shape index (κ3) is 5.33. The first-order chi connectivity index (χ1) is 11.2. The molecule has 0 bridgehead atoms. The maximum Gasteiger partial charge on any atom is 0.191 e. The van der Waals surface area contributed by atoms with Gasteiger partial charge in [-0.05, 0) is 42.2 Å². The second-order valence-electron chi connectivity index (χ2n) is 5.38. The van der Waals surface area contributed by atoms with Gasteiger partial charge in [-0.2, -0.15) is 0 Å². The van der Waals surface area contributed by atoms with Crippen molar-refractivity contribution in [3.05, 3.63) is 65.2 Å². The van der Waals surface area contributed by atoms with Crippen molar-refractivity contribution in [1.82, 2.24) is 10.6 Å². The molecule has 0 radical (unpaired) electrons. The lowest BCUT2D eigenvalue weighted by Crippen LogP contribution is -2.38. The van der Waals surface area contributed by atoms with Crippen LogP contribution in [-0.4, -0.2) is 26.7 Å². The van der Waals surface area contributed by atoms with Crippen molar-refractivity contribution in [2.45, 2.75) is 19.9 Å². The summed E-state index contributed by atoms with van der Waals surface area (Å²) in [6.45, 7) is 3.73. The summed E-state index contributed by atoms with van der Waals surface area (Å²) in [7, 11) is 3.47. The molecule has 2 aromatic rings. The Morgan fingerprint density at radius 2 is 1.78 bits per heavy atom. The van der Waals surface area contributed by atoms with Gasteiger partial charge in [-0.15, -0.1) is 0 Å². The van der Waals surface area contributed by atoms with Gasteiger partial charge in [0.15, 0.2) is 5.96 Å². The maximum absolute atomic E-state index is 5.17. The van der Waals surface area contributed by atoms with Crippen LogP contribution in [0.5, 0.6) is 5.75 Å². The molecule has 0 aliphatic carbocycles. The molecule has 0 heterocycles. The highest BCUT2D eigenvalue weighted by molar-refractivity contribution is 5.79. The molecule has 0 aliphatic rings. The largest absolute Gasteiger partial charge is 0.497 e. The summed E-state index contributed by atoms with van der Waals surface area (Å²) in [5, 5.41) is 6.69. The summed E-state index contributed by atoms with van der Waals surface area (Å²) >= 11 is 0. The van der Waals surface area contributed by atoms with E-state index in [2.05, 4.69) is 58.9 Å². The number of rotatable bonds is 6. The number of benzene rings is 2. The first-order valence-electron chi connectivity index (χ1n) is 7.85. The molecule has 2 N–H and O–H groups in total. The zero-order valence-electron chi connectivity index (χ0n) is 14.1. The fourth-order valence-corrected chi connectivity index (χ4v) is 2.33. The van der Waals surface area contributed by atoms with Crippen LogP contribution < -0.4 is 15.4 Å². The van der Waals surface area contributed by atoms with Crippen molar-refractivity contribution in [1.29, 1.82) is 0 Å². The minimum Gasteiger partial charge on any atom is -0.497 e. The molecule has 0 spiro atoms. The first kappa shape index (κ1) is 16.9. The van der Waals surface area contributed by atoms with Gasteiger partial charge in [-0.3, -0.25) is 4.99 Å². The molecule has 2 aromatic carbocycles. The van der Waals surface area contributed by atoms with Crippen LogP contribution in [0.3, 0.4) is 0 Å². The molecule has 0 aliphatic heterocycles. The van der Waals surface area contributed by atoms with Gasteiger partial charge in [0.2, 0.25) is 0 Å². The van der Waals surface area contributed by atoms with Crippen LogP contribution in [0.25, 0.3) is 0 Å². The van der Waals surface area contributed by atoms with Gasteiger partial charge in [0.1, 0.15) is 5.75 Å². The van der Waals surface area contributed by atoms with Gasteiger partial charge in [0.25, 0.3) is 0 Å². The van der Waals surface area contributed by atoms with E-state index in [0.717, 1.165) is 31.2 Å². The van der Waals surface area contributed by atoms with E-state index in [9.17, 15) is 0 Å². The van der Waals surface area contributed by atoms with Crippen LogP contribution >= 0.6 is 0 Å². The third-order valence-corrected chi connectivity index (χ3v) is 3.80. The predicted molar refractivity (Wildman–Crippen MR) is 96.1 cm³/mol. The summed E-state index contributed by atoms with van der Waals surface area (Å²) in [4.78, 5) is 4.27. The molecule has 0 atom stereocenters. The molecule has 4 heteroatoms. The Kier molecular flexibility index (Phi) is 6.48. The number of hydrogen-bond acceptors (Lipinski definition) is 2. The minimum atomic E-state index is 0.773. The Bertz CT molecular complexity index is 635. The molecular weight excluding hydrogens is 286 g/mol. The van der Waals surface area contributed by atoms with Crippen LogP contribution in [0.15, 0.2) is 53.5 Å². The van der Waals surface area contributed by atoms with E-state index in [1.165, 1.54) is 16.7 Å². The Morgan fingerprint density at radius 3 is 2.43 bits per heavy atom. The Morgan fingerprint density at radius 1 is 1.04 bits per heavy atom. The molecule has 4 nitrogen and oxygen atoms in total. The molecule has 23 heavy (non-hydrogen) atoms. The Labute approximate surface area is 138 Å². The van der Waals surface area contributed by atoms with Crippen LogP contribution in [0.2, 0.25) is 0 Å². The molecule has 2 rings (SSSR count). The number of nitrogens with zero attached hydrogens (tertiary/aromatic N) is 1. The van der Waals surface area contributed by atoms with Crippen LogP contribution in [0, 0.1) is 6.92 Å². The topological polar surface area (TPSA) is 45.7 Å². The zero-order chi connectivity index (χ0) is 16.5. The fraction of sp³-hybridized carbons (Fsp3) is 0.316. The number of hydrogen-bond donors (Lipinski definition) is 2. The third-order valence-electron chi connectivity index (χ3n) is 3.80. The molecule has 0 saturated carbocycles. The van der Waals surface area contributed by atoms with Crippen LogP contribution in [0.1, 0.15) is 16.7 Å². The fourth-order valence-electron chi connectivity index (χ4n) is 2.33. The summed E-state index contributed by atoms with van der Waals surface area (Å²) in [5.74, 6) is 1.71.